The molecule has 1 rings (SSSR count). The van der Waals surface area contributed by atoms with Crippen molar-refractivity contribution in [1.29, 1.82) is 0 Å². The third-order valence-corrected chi connectivity index (χ3v) is 5.46. The normalized spacial score (nSPS) is 12.2. The summed E-state index contributed by atoms with van der Waals surface area (Å²) in [7, 11) is -3.58. The molecule has 0 bridgehead atoms. The molecule has 124 valence electrons. The van der Waals surface area contributed by atoms with Crippen LogP contribution in [0.2, 0.25) is 0 Å². The summed E-state index contributed by atoms with van der Waals surface area (Å²) < 4.78 is 25.8. The molecule has 0 saturated carbocycles. The second-order valence-corrected chi connectivity index (χ2v) is 8.76. The third kappa shape index (κ3) is 4.57. The lowest BCUT2D eigenvalue weighted by molar-refractivity contribution is -0.118. The number of carbonyl (C=O) groups is 1. The molecular weight excluding hydrogens is 298 g/mol. The smallest absolute Gasteiger partial charge is 0.237 e. The van der Waals surface area contributed by atoms with Crippen molar-refractivity contribution in [1.82, 2.24) is 4.72 Å². The van der Waals surface area contributed by atoms with Crippen LogP contribution in [0.15, 0.2) is 18.2 Å². The average Bonchev–Trinajstić information content (AvgIpc) is 2.37. The SMILES string of the molecule is CC(C)c1cccc(C(C)C)c1CC(=O)NS(=O)(=O)C(C)C. The molecule has 0 spiro atoms. The predicted octanol–water partition coefficient (Wildman–Crippen LogP) is 3.33. The molecule has 1 amide bonds. The molecule has 1 aromatic rings. The van der Waals surface area contributed by atoms with Gasteiger partial charge >= 0.3 is 0 Å². The van der Waals surface area contributed by atoms with E-state index in [1.807, 2.05) is 18.2 Å². The number of nitrogens with one attached hydrogen (secondary N) is 1. The van der Waals surface area contributed by atoms with Crippen LogP contribution in [0.25, 0.3) is 0 Å². The van der Waals surface area contributed by atoms with Gasteiger partial charge in [0.05, 0.1) is 11.7 Å². The minimum absolute atomic E-state index is 0.0911. The number of sulfonamides is 1. The summed E-state index contributed by atoms with van der Waals surface area (Å²) in [6.45, 7) is 11.4. The molecule has 0 aliphatic heterocycles. The maximum absolute atomic E-state index is 12.2. The maximum Gasteiger partial charge on any atom is 0.237 e. The lowest BCUT2D eigenvalue weighted by Crippen LogP contribution is -2.37. The second kappa shape index (κ2) is 7.27. The van der Waals surface area contributed by atoms with Crippen LogP contribution in [-0.4, -0.2) is 19.6 Å². The van der Waals surface area contributed by atoms with Gasteiger partial charge < -0.3 is 0 Å². The summed E-state index contributed by atoms with van der Waals surface area (Å²) in [5, 5.41) is -0.624. The van der Waals surface area contributed by atoms with Gasteiger partial charge in [-0.2, -0.15) is 0 Å². The van der Waals surface area contributed by atoms with Crippen molar-refractivity contribution in [2.75, 3.05) is 0 Å². The molecule has 0 unspecified atom stereocenters. The Bertz CT molecular complexity index is 605. The van der Waals surface area contributed by atoms with E-state index in [9.17, 15) is 13.2 Å². The van der Waals surface area contributed by atoms with E-state index in [1.165, 1.54) is 0 Å². The fourth-order valence-electron chi connectivity index (χ4n) is 2.38. The lowest BCUT2D eigenvalue weighted by Gasteiger charge is -2.19. The first-order valence-electron chi connectivity index (χ1n) is 7.72. The van der Waals surface area contributed by atoms with Crippen molar-refractivity contribution >= 4 is 15.9 Å². The van der Waals surface area contributed by atoms with Crippen LogP contribution in [0, 0.1) is 0 Å². The van der Waals surface area contributed by atoms with Crippen LogP contribution < -0.4 is 4.72 Å². The summed E-state index contributed by atoms with van der Waals surface area (Å²) in [4.78, 5) is 12.2. The Morgan fingerprint density at radius 3 is 1.82 bits per heavy atom. The van der Waals surface area contributed by atoms with Crippen LogP contribution in [0.3, 0.4) is 0 Å². The quantitative estimate of drug-likeness (QED) is 0.872. The minimum Gasteiger partial charge on any atom is -0.274 e. The van der Waals surface area contributed by atoms with Crippen molar-refractivity contribution in [3.05, 3.63) is 34.9 Å². The van der Waals surface area contributed by atoms with Crippen LogP contribution in [0.1, 0.15) is 70.1 Å². The van der Waals surface area contributed by atoms with Crippen molar-refractivity contribution < 1.29 is 13.2 Å². The molecule has 0 radical (unpaired) electrons. The van der Waals surface area contributed by atoms with Gasteiger partial charge in [-0.1, -0.05) is 45.9 Å². The van der Waals surface area contributed by atoms with E-state index in [0.717, 1.165) is 16.7 Å². The van der Waals surface area contributed by atoms with Gasteiger partial charge in [0.2, 0.25) is 15.9 Å². The van der Waals surface area contributed by atoms with Gasteiger partial charge in [-0.05, 0) is 42.4 Å². The van der Waals surface area contributed by atoms with Gasteiger partial charge in [0.15, 0.2) is 0 Å². The molecule has 0 saturated heterocycles. The van der Waals surface area contributed by atoms with Gasteiger partial charge in [0, 0.05) is 0 Å². The van der Waals surface area contributed by atoms with E-state index in [-0.39, 0.29) is 18.3 Å². The van der Waals surface area contributed by atoms with E-state index >= 15 is 0 Å². The standard InChI is InChI=1S/C17H27NO3S/c1-11(2)14-8-7-9-15(12(3)4)16(14)10-17(19)18-22(20,21)13(5)6/h7-9,11-13H,10H2,1-6H3,(H,18,19). The minimum atomic E-state index is -3.58. The van der Waals surface area contributed by atoms with Gasteiger partial charge in [-0.25, -0.2) is 8.42 Å². The van der Waals surface area contributed by atoms with Crippen molar-refractivity contribution in [3.63, 3.8) is 0 Å². The number of carbonyl (C=O) groups excluding carboxylic acids is 1. The Labute approximate surface area is 134 Å². The maximum atomic E-state index is 12.2. The molecule has 22 heavy (non-hydrogen) atoms. The zero-order chi connectivity index (χ0) is 17.1. The van der Waals surface area contributed by atoms with Crippen LogP contribution in [-0.2, 0) is 21.2 Å². The molecule has 0 aliphatic carbocycles. The Morgan fingerprint density at radius 2 is 1.45 bits per heavy atom. The van der Waals surface area contributed by atoms with E-state index in [4.69, 9.17) is 0 Å². The predicted molar refractivity (Wildman–Crippen MR) is 90.5 cm³/mol. The fourth-order valence-corrected chi connectivity index (χ4v) is 3.01. The summed E-state index contributed by atoms with van der Waals surface area (Å²) in [6.07, 6.45) is 0.0911. The Kier molecular flexibility index (Phi) is 6.17. The number of hydrogen-bond donors (Lipinski definition) is 1. The third-order valence-electron chi connectivity index (χ3n) is 3.71. The van der Waals surface area contributed by atoms with Crippen LogP contribution in [0.5, 0.6) is 0 Å². The van der Waals surface area contributed by atoms with Crippen LogP contribution >= 0.6 is 0 Å². The first-order chi connectivity index (χ1) is 10.1. The summed E-state index contributed by atoms with van der Waals surface area (Å²) >= 11 is 0. The topological polar surface area (TPSA) is 63.2 Å². The Morgan fingerprint density at radius 1 is 1.00 bits per heavy atom. The molecule has 1 N–H and O–H groups in total. The molecule has 4 nitrogen and oxygen atoms in total. The van der Waals surface area contributed by atoms with E-state index in [1.54, 1.807) is 13.8 Å². The number of rotatable bonds is 6. The molecule has 0 atom stereocenters. The van der Waals surface area contributed by atoms with Crippen molar-refractivity contribution in [3.8, 4) is 0 Å². The first kappa shape index (κ1) is 18.7. The molecular formula is C17H27NO3S. The van der Waals surface area contributed by atoms with Gasteiger partial charge in [-0.3, -0.25) is 9.52 Å². The number of hydrogen-bond acceptors (Lipinski definition) is 3. The highest BCUT2D eigenvalue weighted by atomic mass is 32.2. The van der Waals surface area contributed by atoms with Crippen molar-refractivity contribution in [2.45, 2.75) is 65.0 Å². The average molecular weight is 325 g/mol. The molecule has 5 heteroatoms. The fraction of sp³-hybridized carbons (Fsp3) is 0.588. The monoisotopic (exact) mass is 325 g/mol. The van der Waals surface area contributed by atoms with Crippen molar-refractivity contribution in [2.24, 2.45) is 0 Å². The summed E-state index contributed by atoms with van der Waals surface area (Å²) in [6, 6.07) is 6.02. The lowest BCUT2D eigenvalue weighted by atomic mass is 9.87. The zero-order valence-electron chi connectivity index (χ0n) is 14.3. The zero-order valence-corrected chi connectivity index (χ0v) is 15.1. The summed E-state index contributed by atoms with van der Waals surface area (Å²) in [5.74, 6) is 0.0927. The highest BCUT2D eigenvalue weighted by molar-refractivity contribution is 7.90. The molecule has 0 fully saturated rings. The van der Waals surface area contributed by atoms with E-state index in [2.05, 4.69) is 32.4 Å². The molecule has 0 aromatic heterocycles. The number of benzene rings is 1. The Balaban J connectivity index is 3.14. The van der Waals surface area contributed by atoms with E-state index in [0.29, 0.717) is 0 Å². The first-order valence-corrected chi connectivity index (χ1v) is 9.27. The van der Waals surface area contributed by atoms with Crippen LogP contribution in [0.4, 0.5) is 0 Å². The highest BCUT2D eigenvalue weighted by Crippen LogP contribution is 2.28. The second-order valence-electron chi connectivity index (χ2n) is 6.52. The highest BCUT2D eigenvalue weighted by Gasteiger charge is 2.21. The molecule has 0 aliphatic rings. The van der Waals surface area contributed by atoms with Gasteiger partial charge in [-0.15, -0.1) is 0 Å². The van der Waals surface area contributed by atoms with Gasteiger partial charge in [0.25, 0.3) is 0 Å². The summed E-state index contributed by atoms with van der Waals surface area (Å²) in [5.41, 5.74) is 3.15. The molecule has 0 heterocycles. The van der Waals surface area contributed by atoms with E-state index < -0.39 is 21.2 Å². The Hall–Kier alpha value is -1.36. The van der Waals surface area contributed by atoms with Gasteiger partial charge in [0.1, 0.15) is 0 Å². The molecule has 1 aromatic carbocycles. The number of amides is 1. The largest absolute Gasteiger partial charge is 0.274 e.